The van der Waals surface area contributed by atoms with E-state index >= 15 is 0 Å². The highest BCUT2D eigenvalue weighted by molar-refractivity contribution is 9.10. The summed E-state index contributed by atoms with van der Waals surface area (Å²) >= 11 is 3.26. The van der Waals surface area contributed by atoms with Crippen LogP contribution in [0.2, 0.25) is 0 Å². The lowest BCUT2D eigenvalue weighted by Crippen LogP contribution is -2.24. The molecule has 0 aliphatic carbocycles. The number of benzene rings is 1. The smallest absolute Gasteiger partial charge is 0.242 e. The van der Waals surface area contributed by atoms with Crippen LogP contribution in [-0.2, 0) is 16.6 Å². The summed E-state index contributed by atoms with van der Waals surface area (Å²) < 4.78 is 27.2. The first-order valence-corrected chi connectivity index (χ1v) is 7.51. The first kappa shape index (κ1) is 13.3. The maximum absolute atomic E-state index is 12.1. The van der Waals surface area contributed by atoms with Crippen molar-refractivity contribution in [3.63, 3.8) is 0 Å². The molecule has 18 heavy (non-hydrogen) atoms. The van der Waals surface area contributed by atoms with E-state index in [0.717, 1.165) is 5.56 Å². The van der Waals surface area contributed by atoms with Gasteiger partial charge in [0.05, 0.1) is 11.4 Å². The van der Waals surface area contributed by atoms with Crippen LogP contribution in [0.4, 0.5) is 0 Å². The van der Waals surface area contributed by atoms with Crippen LogP contribution >= 0.6 is 15.9 Å². The SMILES string of the molecule is Cc1ccc(S(=O)(=O)NCc2ncc[nH]2)c(Br)c1. The van der Waals surface area contributed by atoms with Crippen molar-refractivity contribution >= 4 is 26.0 Å². The zero-order chi connectivity index (χ0) is 13.2. The summed E-state index contributed by atoms with van der Waals surface area (Å²) in [6.07, 6.45) is 3.22. The third kappa shape index (κ3) is 2.98. The number of sulfonamides is 1. The van der Waals surface area contributed by atoms with Gasteiger partial charge >= 0.3 is 0 Å². The zero-order valence-electron chi connectivity index (χ0n) is 9.64. The first-order valence-electron chi connectivity index (χ1n) is 5.23. The molecule has 0 saturated carbocycles. The van der Waals surface area contributed by atoms with Crippen molar-refractivity contribution in [2.24, 2.45) is 0 Å². The molecule has 0 unspecified atom stereocenters. The molecular formula is C11H12BrN3O2S. The number of halogens is 1. The van der Waals surface area contributed by atoms with Crippen LogP contribution in [0.25, 0.3) is 0 Å². The maximum atomic E-state index is 12.1. The average Bonchev–Trinajstić information content (AvgIpc) is 2.78. The van der Waals surface area contributed by atoms with Crippen molar-refractivity contribution < 1.29 is 8.42 Å². The van der Waals surface area contributed by atoms with Crippen molar-refractivity contribution in [2.75, 3.05) is 0 Å². The molecule has 0 aliphatic heterocycles. The van der Waals surface area contributed by atoms with Crippen LogP contribution in [0.1, 0.15) is 11.4 Å². The van der Waals surface area contributed by atoms with Crippen LogP contribution in [-0.4, -0.2) is 18.4 Å². The van der Waals surface area contributed by atoms with E-state index in [1.54, 1.807) is 30.6 Å². The number of H-pyrrole nitrogens is 1. The molecule has 2 aromatic rings. The number of nitrogens with one attached hydrogen (secondary N) is 2. The molecule has 1 aromatic heterocycles. The number of rotatable bonds is 4. The van der Waals surface area contributed by atoms with Crippen LogP contribution in [0.3, 0.4) is 0 Å². The summed E-state index contributed by atoms with van der Waals surface area (Å²) in [5, 5.41) is 0. The van der Waals surface area contributed by atoms with Crippen LogP contribution in [0.5, 0.6) is 0 Å². The lowest BCUT2D eigenvalue weighted by atomic mass is 10.2. The van der Waals surface area contributed by atoms with Gasteiger partial charge in [0.1, 0.15) is 5.82 Å². The van der Waals surface area contributed by atoms with E-state index in [1.807, 2.05) is 6.92 Å². The monoisotopic (exact) mass is 329 g/mol. The number of hydrogen-bond donors (Lipinski definition) is 2. The van der Waals surface area contributed by atoms with Crippen molar-refractivity contribution in [1.82, 2.24) is 14.7 Å². The van der Waals surface area contributed by atoms with Gasteiger partial charge in [0, 0.05) is 16.9 Å². The van der Waals surface area contributed by atoms with Gasteiger partial charge in [0.25, 0.3) is 0 Å². The second kappa shape index (κ2) is 5.21. The van der Waals surface area contributed by atoms with Gasteiger partial charge in [-0.3, -0.25) is 0 Å². The first-order chi connectivity index (χ1) is 8.49. The second-order valence-electron chi connectivity index (χ2n) is 3.79. The summed E-state index contributed by atoms with van der Waals surface area (Å²) in [4.78, 5) is 7.01. The molecule has 0 radical (unpaired) electrons. The normalized spacial score (nSPS) is 11.7. The Balaban J connectivity index is 2.20. The number of imidazole rings is 1. The van der Waals surface area contributed by atoms with Gasteiger partial charge in [-0.25, -0.2) is 18.1 Å². The Kier molecular flexibility index (Phi) is 3.84. The van der Waals surface area contributed by atoms with Crippen molar-refractivity contribution in [3.8, 4) is 0 Å². The molecule has 0 spiro atoms. The Bertz CT molecular complexity index is 638. The van der Waals surface area contributed by atoms with Gasteiger partial charge in [0.2, 0.25) is 10.0 Å². The molecule has 1 heterocycles. The molecule has 0 saturated heterocycles. The van der Waals surface area contributed by atoms with E-state index in [1.165, 1.54) is 0 Å². The minimum Gasteiger partial charge on any atom is -0.347 e. The number of aromatic nitrogens is 2. The van der Waals surface area contributed by atoms with E-state index in [2.05, 4.69) is 30.6 Å². The Hall–Kier alpha value is -1.18. The molecule has 0 fully saturated rings. The predicted octanol–water partition coefficient (Wildman–Crippen LogP) is 1.96. The van der Waals surface area contributed by atoms with Crippen molar-refractivity contribution in [1.29, 1.82) is 0 Å². The molecule has 0 bridgehead atoms. The van der Waals surface area contributed by atoms with Gasteiger partial charge < -0.3 is 4.98 Å². The summed E-state index contributed by atoms with van der Waals surface area (Å²) in [5.74, 6) is 0.571. The number of aryl methyl sites for hydroxylation is 1. The van der Waals surface area contributed by atoms with Gasteiger partial charge in [0.15, 0.2) is 0 Å². The lowest BCUT2D eigenvalue weighted by Gasteiger charge is -2.08. The Morgan fingerprint density at radius 2 is 2.22 bits per heavy atom. The second-order valence-corrected chi connectivity index (χ2v) is 6.38. The number of nitrogens with zero attached hydrogens (tertiary/aromatic N) is 1. The van der Waals surface area contributed by atoms with E-state index in [-0.39, 0.29) is 11.4 Å². The number of hydrogen-bond acceptors (Lipinski definition) is 3. The molecule has 7 heteroatoms. The molecule has 96 valence electrons. The van der Waals surface area contributed by atoms with Crippen LogP contribution in [0, 0.1) is 6.92 Å². The molecular weight excluding hydrogens is 318 g/mol. The van der Waals surface area contributed by atoms with E-state index in [9.17, 15) is 8.42 Å². The molecule has 0 amide bonds. The van der Waals surface area contributed by atoms with Gasteiger partial charge in [-0.05, 0) is 40.5 Å². The molecule has 0 aliphatic rings. The van der Waals surface area contributed by atoms with Gasteiger partial charge in [-0.1, -0.05) is 6.07 Å². The zero-order valence-corrected chi connectivity index (χ0v) is 12.0. The van der Waals surface area contributed by atoms with Crippen LogP contribution < -0.4 is 4.72 Å². The van der Waals surface area contributed by atoms with E-state index < -0.39 is 10.0 Å². The molecule has 0 atom stereocenters. The van der Waals surface area contributed by atoms with Crippen molar-refractivity contribution in [2.45, 2.75) is 18.4 Å². The van der Waals surface area contributed by atoms with Crippen molar-refractivity contribution in [3.05, 3.63) is 46.5 Å². The van der Waals surface area contributed by atoms with Gasteiger partial charge in [-0.2, -0.15) is 0 Å². The summed E-state index contributed by atoms with van der Waals surface area (Å²) in [5.41, 5.74) is 0.992. The van der Waals surface area contributed by atoms with Crippen LogP contribution in [0.15, 0.2) is 40.0 Å². The minimum atomic E-state index is -3.54. The Morgan fingerprint density at radius 1 is 1.44 bits per heavy atom. The quantitative estimate of drug-likeness (QED) is 0.900. The largest absolute Gasteiger partial charge is 0.347 e. The third-order valence-electron chi connectivity index (χ3n) is 2.36. The third-order valence-corrected chi connectivity index (χ3v) is 4.74. The topological polar surface area (TPSA) is 74.8 Å². The molecule has 1 aromatic carbocycles. The highest BCUT2D eigenvalue weighted by Crippen LogP contribution is 2.22. The maximum Gasteiger partial charge on any atom is 0.242 e. The fourth-order valence-electron chi connectivity index (χ4n) is 1.46. The predicted molar refractivity (Wildman–Crippen MR) is 71.5 cm³/mol. The fraction of sp³-hybridized carbons (Fsp3) is 0.182. The van der Waals surface area contributed by atoms with E-state index in [0.29, 0.717) is 10.3 Å². The fourth-order valence-corrected chi connectivity index (χ4v) is 3.64. The minimum absolute atomic E-state index is 0.135. The summed E-state index contributed by atoms with van der Waals surface area (Å²) in [6, 6.07) is 5.09. The standard InChI is InChI=1S/C11H12BrN3O2S/c1-8-2-3-10(9(12)6-8)18(16,17)15-7-11-13-4-5-14-11/h2-6,15H,7H2,1H3,(H,13,14). The highest BCUT2D eigenvalue weighted by atomic mass is 79.9. The Morgan fingerprint density at radius 3 is 2.83 bits per heavy atom. The molecule has 5 nitrogen and oxygen atoms in total. The lowest BCUT2D eigenvalue weighted by molar-refractivity contribution is 0.579. The van der Waals surface area contributed by atoms with Gasteiger partial charge in [-0.15, -0.1) is 0 Å². The van der Waals surface area contributed by atoms with E-state index in [4.69, 9.17) is 0 Å². The average molecular weight is 330 g/mol. The Labute approximate surface area is 114 Å². The highest BCUT2D eigenvalue weighted by Gasteiger charge is 2.17. The number of aromatic amines is 1. The summed E-state index contributed by atoms with van der Waals surface area (Å²) in [6.45, 7) is 2.03. The molecule has 2 rings (SSSR count). The summed E-state index contributed by atoms with van der Waals surface area (Å²) in [7, 11) is -3.54. The molecule has 2 N–H and O–H groups in total.